The second kappa shape index (κ2) is 8.06. The number of carbonyl (C=O) groups excluding carboxylic acids is 1. The molecule has 0 aromatic heterocycles. The van der Waals surface area contributed by atoms with Gasteiger partial charge in [0.2, 0.25) is 0 Å². The van der Waals surface area contributed by atoms with Gasteiger partial charge in [-0.05, 0) is 62.1 Å². The van der Waals surface area contributed by atoms with E-state index in [0.717, 1.165) is 30.0 Å². The van der Waals surface area contributed by atoms with E-state index >= 15 is 0 Å². The minimum absolute atomic E-state index is 0.0274. The highest BCUT2D eigenvalue weighted by molar-refractivity contribution is 5.78. The van der Waals surface area contributed by atoms with Crippen molar-refractivity contribution in [3.05, 3.63) is 59.7 Å². The lowest BCUT2D eigenvalue weighted by molar-refractivity contribution is -0.123. The molecule has 1 fully saturated rings. The molecular weight excluding hydrogens is 312 g/mol. The Kier molecular flexibility index (Phi) is 5.59. The molecule has 1 aliphatic heterocycles. The Hall–Kier alpha value is -2.49. The fourth-order valence-electron chi connectivity index (χ4n) is 3.17. The first kappa shape index (κ1) is 17.3. The molecule has 25 heavy (non-hydrogen) atoms. The number of ether oxygens (including phenoxy) is 1. The number of amides is 1. The number of hydrogen-bond donors (Lipinski definition) is 1. The molecule has 0 bridgehead atoms. The largest absolute Gasteiger partial charge is 0.484 e. The maximum atomic E-state index is 12.1. The molecule has 4 nitrogen and oxygen atoms in total. The van der Waals surface area contributed by atoms with Crippen LogP contribution in [0.5, 0.6) is 5.75 Å². The molecular formula is C21H26N2O2. The monoisotopic (exact) mass is 338 g/mol. The summed E-state index contributed by atoms with van der Waals surface area (Å²) in [6, 6.07) is 16.2. The third kappa shape index (κ3) is 4.75. The molecule has 1 aliphatic rings. The second-order valence-corrected chi connectivity index (χ2v) is 6.68. The van der Waals surface area contributed by atoms with Crippen LogP contribution in [0, 0.1) is 6.92 Å². The van der Waals surface area contributed by atoms with Crippen molar-refractivity contribution in [1.82, 2.24) is 5.32 Å². The lowest BCUT2D eigenvalue weighted by Crippen LogP contribution is -2.31. The molecule has 132 valence electrons. The van der Waals surface area contributed by atoms with Crippen molar-refractivity contribution in [2.24, 2.45) is 0 Å². The maximum Gasteiger partial charge on any atom is 0.258 e. The van der Waals surface area contributed by atoms with Gasteiger partial charge in [-0.3, -0.25) is 4.79 Å². The topological polar surface area (TPSA) is 41.6 Å². The van der Waals surface area contributed by atoms with Gasteiger partial charge in [0.15, 0.2) is 6.61 Å². The highest BCUT2D eigenvalue weighted by atomic mass is 16.5. The normalized spacial score (nSPS) is 15.0. The van der Waals surface area contributed by atoms with Crippen LogP contribution in [-0.2, 0) is 4.79 Å². The van der Waals surface area contributed by atoms with Crippen LogP contribution in [0.2, 0.25) is 0 Å². The highest BCUT2D eigenvalue weighted by Gasteiger charge is 2.14. The van der Waals surface area contributed by atoms with Crippen LogP contribution in [0.4, 0.5) is 5.69 Å². The van der Waals surface area contributed by atoms with Crippen LogP contribution in [0.3, 0.4) is 0 Å². The first-order valence-electron chi connectivity index (χ1n) is 8.95. The Morgan fingerprint density at radius 2 is 1.88 bits per heavy atom. The lowest BCUT2D eigenvalue weighted by atomic mass is 10.1. The van der Waals surface area contributed by atoms with Gasteiger partial charge in [0.25, 0.3) is 5.91 Å². The first-order valence-corrected chi connectivity index (χ1v) is 8.95. The average Bonchev–Trinajstić information content (AvgIpc) is 3.15. The fourth-order valence-corrected chi connectivity index (χ4v) is 3.17. The van der Waals surface area contributed by atoms with E-state index < -0.39 is 0 Å². The second-order valence-electron chi connectivity index (χ2n) is 6.68. The number of rotatable bonds is 6. The number of hydrogen-bond acceptors (Lipinski definition) is 3. The smallest absolute Gasteiger partial charge is 0.258 e. The predicted octanol–water partition coefficient (Wildman–Crippen LogP) is 3.85. The zero-order chi connectivity index (χ0) is 17.6. The van der Waals surface area contributed by atoms with Crippen molar-refractivity contribution in [2.45, 2.75) is 32.7 Å². The van der Waals surface area contributed by atoms with Crippen LogP contribution in [0.1, 0.15) is 36.9 Å². The van der Waals surface area contributed by atoms with Gasteiger partial charge in [0, 0.05) is 18.8 Å². The van der Waals surface area contributed by atoms with Gasteiger partial charge in [-0.15, -0.1) is 0 Å². The van der Waals surface area contributed by atoms with Crippen molar-refractivity contribution >= 4 is 11.6 Å². The summed E-state index contributed by atoms with van der Waals surface area (Å²) < 4.78 is 5.55. The van der Waals surface area contributed by atoms with Gasteiger partial charge in [-0.25, -0.2) is 0 Å². The molecule has 1 atom stereocenters. The molecule has 0 unspecified atom stereocenters. The van der Waals surface area contributed by atoms with Gasteiger partial charge >= 0.3 is 0 Å². The van der Waals surface area contributed by atoms with Gasteiger partial charge in [0.1, 0.15) is 5.75 Å². The summed E-state index contributed by atoms with van der Waals surface area (Å²) in [5, 5.41) is 2.99. The minimum atomic E-state index is -0.113. The number of anilines is 1. The Labute approximate surface area is 149 Å². The lowest BCUT2D eigenvalue weighted by Gasteiger charge is -2.19. The van der Waals surface area contributed by atoms with Gasteiger partial charge in [-0.1, -0.05) is 24.3 Å². The van der Waals surface area contributed by atoms with E-state index in [4.69, 9.17) is 4.74 Å². The first-order chi connectivity index (χ1) is 12.1. The Bertz CT molecular complexity index is 706. The van der Waals surface area contributed by atoms with E-state index in [1.165, 1.54) is 18.5 Å². The molecule has 1 N–H and O–H groups in total. The number of nitrogens with zero attached hydrogens (tertiary/aromatic N) is 1. The SMILES string of the molecule is Cc1cccc(OCC(=O)N[C@H](C)c2ccc(N3CCCC3)cc2)c1. The van der Waals surface area contributed by atoms with Crippen LogP contribution < -0.4 is 15.0 Å². The van der Waals surface area contributed by atoms with Crippen molar-refractivity contribution < 1.29 is 9.53 Å². The fraction of sp³-hybridized carbons (Fsp3) is 0.381. The van der Waals surface area contributed by atoms with E-state index in [1.807, 2.05) is 38.1 Å². The van der Waals surface area contributed by atoms with Gasteiger partial charge in [0.05, 0.1) is 6.04 Å². The highest BCUT2D eigenvalue weighted by Crippen LogP contribution is 2.22. The van der Waals surface area contributed by atoms with Gasteiger partial charge < -0.3 is 15.0 Å². The summed E-state index contributed by atoms with van der Waals surface area (Å²) in [5.74, 6) is 0.607. The zero-order valence-corrected chi connectivity index (χ0v) is 15.0. The molecule has 0 saturated carbocycles. The zero-order valence-electron chi connectivity index (χ0n) is 15.0. The van der Waals surface area contributed by atoms with Crippen molar-refractivity contribution in [1.29, 1.82) is 0 Å². The van der Waals surface area contributed by atoms with Crippen LogP contribution in [-0.4, -0.2) is 25.6 Å². The number of carbonyl (C=O) groups is 1. The van der Waals surface area contributed by atoms with E-state index in [9.17, 15) is 4.79 Å². The summed E-state index contributed by atoms with van der Waals surface area (Å²) >= 11 is 0. The van der Waals surface area contributed by atoms with Crippen molar-refractivity contribution in [3.8, 4) is 5.75 Å². The van der Waals surface area contributed by atoms with Crippen LogP contribution in [0.15, 0.2) is 48.5 Å². The van der Waals surface area contributed by atoms with Crippen molar-refractivity contribution in [2.75, 3.05) is 24.6 Å². The van der Waals surface area contributed by atoms with E-state index in [0.29, 0.717) is 0 Å². The molecule has 3 rings (SSSR count). The summed E-state index contributed by atoms with van der Waals surface area (Å²) in [7, 11) is 0. The number of benzene rings is 2. The minimum Gasteiger partial charge on any atom is -0.484 e. The third-order valence-electron chi connectivity index (χ3n) is 4.60. The summed E-state index contributed by atoms with van der Waals surface area (Å²) in [6.45, 7) is 6.31. The average molecular weight is 338 g/mol. The van der Waals surface area contributed by atoms with Gasteiger partial charge in [-0.2, -0.15) is 0 Å². The summed E-state index contributed by atoms with van der Waals surface area (Å²) in [5.41, 5.74) is 3.48. The summed E-state index contributed by atoms with van der Waals surface area (Å²) in [4.78, 5) is 14.5. The van der Waals surface area contributed by atoms with Crippen LogP contribution >= 0.6 is 0 Å². The molecule has 1 heterocycles. The molecule has 2 aromatic rings. The van der Waals surface area contributed by atoms with E-state index in [1.54, 1.807) is 0 Å². The number of aryl methyl sites for hydroxylation is 1. The molecule has 2 aromatic carbocycles. The van der Waals surface area contributed by atoms with E-state index in [-0.39, 0.29) is 18.6 Å². The molecule has 1 saturated heterocycles. The third-order valence-corrected chi connectivity index (χ3v) is 4.60. The molecule has 0 radical (unpaired) electrons. The maximum absolute atomic E-state index is 12.1. The summed E-state index contributed by atoms with van der Waals surface area (Å²) in [6.07, 6.45) is 2.55. The molecule has 0 aliphatic carbocycles. The Balaban J connectivity index is 1.50. The Morgan fingerprint density at radius 3 is 2.56 bits per heavy atom. The van der Waals surface area contributed by atoms with Crippen LogP contribution in [0.25, 0.3) is 0 Å². The standard InChI is InChI=1S/C21H26N2O2/c1-16-6-5-7-20(14-16)25-15-21(24)22-17(2)18-8-10-19(11-9-18)23-12-3-4-13-23/h5-11,14,17H,3-4,12-13,15H2,1-2H3,(H,22,24)/t17-/m1/s1. The Morgan fingerprint density at radius 1 is 1.16 bits per heavy atom. The molecule has 4 heteroatoms. The van der Waals surface area contributed by atoms with Crippen molar-refractivity contribution in [3.63, 3.8) is 0 Å². The molecule has 0 spiro atoms. The number of nitrogens with one attached hydrogen (secondary N) is 1. The predicted molar refractivity (Wildman–Crippen MR) is 101 cm³/mol. The quantitative estimate of drug-likeness (QED) is 0.870. The van der Waals surface area contributed by atoms with E-state index in [2.05, 4.69) is 34.5 Å². The molecule has 1 amide bonds.